The SMILES string of the molecule is CO[C@H]1CC[C@H](c2cc(C(C)(C)C)ncc2Br)CC1. The Hall–Kier alpha value is -0.410. The summed E-state index contributed by atoms with van der Waals surface area (Å²) in [6, 6.07) is 2.29. The van der Waals surface area contributed by atoms with E-state index < -0.39 is 0 Å². The Morgan fingerprint density at radius 1 is 1.21 bits per heavy atom. The summed E-state index contributed by atoms with van der Waals surface area (Å²) in [4.78, 5) is 4.56. The maximum Gasteiger partial charge on any atom is 0.0571 e. The lowest BCUT2D eigenvalue weighted by molar-refractivity contribution is 0.0658. The molecule has 0 spiro atoms. The van der Waals surface area contributed by atoms with E-state index >= 15 is 0 Å². The number of methoxy groups -OCH3 is 1. The van der Waals surface area contributed by atoms with Crippen LogP contribution in [0.15, 0.2) is 16.7 Å². The molecule has 19 heavy (non-hydrogen) atoms. The molecule has 1 aromatic rings. The topological polar surface area (TPSA) is 22.1 Å². The molecule has 1 aliphatic carbocycles. The average molecular weight is 326 g/mol. The second-order valence-electron chi connectivity index (χ2n) is 6.55. The minimum absolute atomic E-state index is 0.110. The number of nitrogens with zero attached hydrogens (tertiary/aromatic N) is 1. The van der Waals surface area contributed by atoms with Crippen molar-refractivity contribution in [2.75, 3.05) is 7.11 Å². The molecule has 0 bridgehead atoms. The van der Waals surface area contributed by atoms with Crippen LogP contribution in [0.2, 0.25) is 0 Å². The molecular weight excluding hydrogens is 302 g/mol. The van der Waals surface area contributed by atoms with Gasteiger partial charge in [-0.05, 0) is 59.2 Å². The highest BCUT2D eigenvalue weighted by Gasteiger charge is 2.25. The molecule has 3 heteroatoms. The van der Waals surface area contributed by atoms with Gasteiger partial charge in [0.25, 0.3) is 0 Å². The van der Waals surface area contributed by atoms with Gasteiger partial charge in [0, 0.05) is 28.9 Å². The van der Waals surface area contributed by atoms with E-state index in [1.165, 1.54) is 36.9 Å². The van der Waals surface area contributed by atoms with Crippen LogP contribution in [0.4, 0.5) is 0 Å². The Morgan fingerprint density at radius 2 is 1.84 bits per heavy atom. The van der Waals surface area contributed by atoms with Gasteiger partial charge in [-0.2, -0.15) is 0 Å². The molecule has 2 rings (SSSR count). The number of rotatable bonds is 2. The average Bonchev–Trinajstić information content (AvgIpc) is 2.38. The Bertz CT molecular complexity index is 431. The van der Waals surface area contributed by atoms with Crippen molar-refractivity contribution in [3.8, 4) is 0 Å². The van der Waals surface area contributed by atoms with Crippen LogP contribution in [0.3, 0.4) is 0 Å². The van der Waals surface area contributed by atoms with Gasteiger partial charge in [-0.15, -0.1) is 0 Å². The van der Waals surface area contributed by atoms with E-state index in [1.807, 2.05) is 13.3 Å². The van der Waals surface area contributed by atoms with Gasteiger partial charge in [0.05, 0.1) is 6.10 Å². The molecule has 0 saturated heterocycles. The predicted molar refractivity (Wildman–Crippen MR) is 82.6 cm³/mol. The summed E-state index contributed by atoms with van der Waals surface area (Å²) < 4.78 is 6.61. The molecule has 0 radical (unpaired) electrons. The number of halogens is 1. The van der Waals surface area contributed by atoms with Crippen LogP contribution in [-0.4, -0.2) is 18.2 Å². The first-order valence-corrected chi connectivity index (χ1v) is 7.90. The summed E-state index contributed by atoms with van der Waals surface area (Å²) in [5, 5.41) is 0. The fourth-order valence-corrected chi connectivity index (χ4v) is 3.33. The van der Waals surface area contributed by atoms with E-state index in [0.29, 0.717) is 12.0 Å². The van der Waals surface area contributed by atoms with Gasteiger partial charge in [0.2, 0.25) is 0 Å². The smallest absolute Gasteiger partial charge is 0.0571 e. The molecular formula is C16H24BrNO. The molecule has 0 amide bonds. The molecule has 106 valence electrons. The zero-order chi connectivity index (χ0) is 14.0. The molecule has 0 aliphatic heterocycles. The first kappa shape index (κ1) is 15.0. The molecule has 1 heterocycles. The molecule has 1 aromatic heterocycles. The van der Waals surface area contributed by atoms with Crippen molar-refractivity contribution in [1.29, 1.82) is 0 Å². The number of hydrogen-bond donors (Lipinski definition) is 0. The van der Waals surface area contributed by atoms with Crippen molar-refractivity contribution < 1.29 is 4.74 Å². The maximum absolute atomic E-state index is 5.46. The Labute approximate surface area is 125 Å². The van der Waals surface area contributed by atoms with Gasteiger partial charge >= 0.3 is 0 Å². The van der Waals surface area contributed by atoms with Crippen LogP contribution >= 0.6 is 15.9 Å². The van der Waals surface area contributed by atoms with E-state index in [4.69, 9.17) is 4.74 Å². The largest absolute Gasteiger partial charge is 0.381 e. The lowest BCUT2D eigenvalue weighted by Gasteiger charge is -2.29. The fourth-order valence-electron chi connectivity index (χ4n) is 2.79. The quantitative estimate of drug-likeness (QED) is 0.778. The zero-order valence-electron chi connectivity index (χ0n) is 12.4. The van der Waals surface area contributed by atoms with Crippen molar-refractivity contribution in [1.82, 2.24) is 4.98 Å². The fraction of sp³-hybridized carbons (Fsp3) is 0.688. The highest BCUT2D eigenvalue weighted by molar-refractivity contribution is 9.10. The second kappa shape index (κ2) is 5.92. The van der Waals surface area contributed by atoms with Gasteiger partial charge in [-0.1, -0.05) is 20.8 Å². The number of hydrogen-bond acceptors (Lipinski definition) is 2. The molecule has 0 N–H and O–H groups in total. The van der Waals surface area contributed by atoms with E-state index in [2.05, 4.69) is 47.8 Å². The number of aromatic nitrogens is 1. The van der Waals surface area contributed by atoms with Gasteiger partial charge in [-0.25, -0.2) is 0 Å². The summed E-state index contributed by atoms with van der Waals surface area (Å²) in [5.74, 6) is 0.643. The molecule has 1 saturated carbocycles. The molecule has 1 fully saturated rings. The van der Waals surface area contributed by atoms with E-state index in [9.17, 15) is 0 Å². The third-order valence-corrected chi connectivity index (χ3v) is 4.76. The number of pyridine rings is 1. The first-order chi connectivity index (χ1) is 8.91. The van der Waals surface area contributed by atoms with E-state index in [-0.39, 0.29) is 5.41 Å². The minimum Gasteiger partial charge on any atom is -0.381 e. The van der Waals surface area contributed by atoms with Gasteiger partial charge in [-0.3, -0.25) is 4.98 Å². The van der Waals surface area contributed by atoms with Crippen LogP contribution in [0.5, 0.6) is 0 Å². The summed E-state index contributed by atoms with van der Waals surface area (Å²) in [7, 11) is 1.82. The highest BCUT2D eigenvalue weighted by atomic mass is 79.9. The molecule has 0 aromatic carbocycles. The Kier molecular flexibility index (Phi) is 4.67. The van der Waals surface area contributed by atoms with Crippen molar-refractivity contribution in [2.45, 2.75) is 63.9 Å². The van der Waals surface area contributed by atoms with E-state index in [1.54, 1.807) is 0 Å². The van der Waals surface area contributed by atoms with Gasteiger partial charge in [0.15, 0.2) is 0 Å². The van der Waals surface area contributed by atoms with Crippen molar-refractivity contribution in [2.24, 2.45) is 0 Å². The molecule has 2 nitrogen and oxygen atoms in total. The van der Waals surface area contributed by atoms with Crippen LogP contribution in [0, 0.1) is 0 Å². The predicted octanol–water partition coefficient (Wildman–Crippen LogP) is 4.81. The standard InChI is InChI=1S/C16H24BrNO/c1-16(2,3)15-9-13(14(17)10-18-15)11-5-7-12(19-4)8-6-11/h9-12H,5-8H2,1-4H3/t11-,12-. The van der Waals surface area contributed by atoms with Gasteiger partial charge < -0.3 is 4.74 Å². The van der Waals surface area contributed by atoms with Crippen LogP contribution in [0.1, 0.15) is 63.6 Å². The van der Waals surface area contributed by atoms with Crippen molar-refractivity contribution in [3.63, 3.8) is 0 Å². The molecule has 0 atom stereocenters. The van der Waals surface area contributed by atoms with Crippen LogP contribution in [-0.2, 0) is 10.2 Å². The lowest BCUT2D eigenvalue weighted by Crippen LogP contribution is -2.20. The normalized spacial score (nSPS) is 24.5. The summed E-state index contributed by atoms with van der Waals surface area (Å²) in [6.45, 7) is 6.65. The summed E-state index contributed by atoms with van der Waals surface area (Å²) in [6.07, 6.45) is 7.19. The van der Waals surface area contributed by atoms with Gasteiger partial charge in [0.1, 0.15) is 0 Å². The third kappa shape index (κ3) is 3.57. The maximum atomic E-state index is 5.46. The lowest BCUT2D eigenvalue weighted by atomic mass is 9.81. The second-order valence-corrected chi connectivity index (χ2v) is 7.40. The minimum atomic E-state index is 0.110. The zero-order valence-corrected chi connectivity index (χ0v) is 14.0. The summed E-state index contributed by atoms with van der Waals surface area (Å²) in [5.41, 5.74) is 2.72. The first-order valence-electron chi connectivity index (χ1n) is 7.10. The molecule has 0 unspecified atom stereocenters. The monoisotopic (exact) mass is 325 g/mol. The molecule has 1 aliphatic rings. The Balaban J connectivity index is 2.20. The van der Waals surface area contributed by atoms with Crippen LogP contribution in [0.25, 0.3) is 0 Å². The Morgan fingerprint density at radius 3 is 2.37 bits per heavy atom. The third-order valence-electron chi connectivity index (χ3n) is 4.10. The van der Waals surface area contributed by atoms with Crippen molar-refractivity contribution in [3.05, 3.63) is 28.0 Å². The van der Waals surface area contributed by atoms with E-state index in [0.717, 1.165) is 4.47 Å². The highest BCUT2D eigenvalue weighted by Crippen LogP contribution is 2.38. The summed E-state index contributed by atoms with van der Waals surface area (Å²) >= 11 is 3.67. The van der Waals surface area contributed by atoms with Crippen molar-refractivity contribution >= 4 is 15.9 Å². The van der Waals surface area contributed by atoms with Crippen LogP contribution < -0.4 is 0 Å². The number of ether oxygens (including phenoxy) is 1.